The summed E-state index contributed by atoms with van der Waals surface area (Å²) in [6.07, 6.45) is 2.48. The summed E-state index contributed by atoms with van der Waals surface area (Å²) >= 11 is 0. The molecule has 0 atom stereocenters. The number of nitrogens with zero attached hydrogens (tertiary/aromatic N) is 3. The van der Waals surface area contributed by atoms with Crippen molar-refractivity contribution in [2.75, 3.05) is 44.0 Å². The molecule has 1 saturated heterocycles. The molecule has 0 unspecified atom stereocenters. The van der Waals surface area contributed by atoms with Crippen LogP contribution in [0, 0.1) is 5.82 Å². The molecule has 1 fully saturated rings. The number of anilines is 1. The molecule has 1 heterocycles. The number of carbonyl (C=O) groups excluding carboxylic acids is 1. The maximum Gasteiger partial charge on any atom is 0.330 e. The summed E-state index contributed by atoms with van der Waals surface area (Å²) in [5.74, 6) is -0.550. The third-order valence-electron chi connectivity index (χ3n) is 3.24. The summed E-state index contributed by atoms with van der Waals surface area (Å²) in [4.78, 5) is 13.5. The first kappa shape index (κ1) is 18.6. The minimum Gasteiger partial charge on any atom is -0.322 e. The number of hydrogen-bond acceptors (Lipinski definition) is 4. The lowest BCUT2D eigenvalue weighted by atomic mass is 10.3. The summed E-state index contributed by atoms with van der Waals surface area (Å²) in [5, 5.41) is 2.45. The number of amides is 2. The fourth-order valence-electron chi connectivity index (χ4n) is 2.15. The molecule has 1 aliphatic rings. The van der Waals surface area contributed by atoms with E-state index in [0.717, 1.165) is 4.31 Å². The molecule has 2 rings (SSSR count). The smallest absolute Gasteiger partial charge is 0.322 e. The first-order valence-electron chi connectivity index (χ1n) is 7.07. The van der Waals surface area contributed by atoms with Gasteiger partial charge in [0.15, 0.2) is 0 Å². The van der Waals surface area contributed by atoms with Crippen molar-refractivity contribution in [1.82, 2.24) is 9.21 Å². The van der Waals surface area contributed by atoms with Gasteiger partial charge < -0.3 is 10.2 Å². The van der Waals surface area contributed by atoms with E-state index in [2.05, 4.69) is 9.08 Å². The van der Waals surface area contributed by atoms with Crippen LogP contribution in [0.5, 0.6) is 0 Å². The quantitative estimate of drug-likeness (QED) is 0.846. The highest BCUT2D eigenvalue weighted by Crippen LogP contribution is 2.15. The molecular formula is C13H19FN4O4S2. The molecule has 1 aliphatic heterocycles. The molecule has 134 valence electrons. The monoisotopic (exact) mass is 378 g/mol. The lowest BCUT2D eigenvalue weighted by Crippen LogP contribution is -2.51. The van der Waals surface area contributed by atoms with Gasteiger partial charge in [-0.2, -0.15) is 12.7 Å². The Morgan fingerprint density at radius 1 is 1.12 bits per heavy atom. The number of benzene rings is 1. The minimum atomic E-state index is -3.99. The van der Waals surface area contributed by atoms with Crippen molar-refractivity contribution >= 4 is 31.7 Å². The van der Waals surface area contributed by atoms with Gasteiger partial charge in [-0.1, -0.05) is 15.9 Å². The highest BCUT2D eigenvalue weighted by atomic mass is 32.3. The van der Waals surface area contributed by atoms with Gasteiger partial charge in [0.2, 0.25) is 0 Å². The minimum absolute atomic E-state index is 0.0338. The van der Waals surface area contributed by atoms with Crippen LogP contribution in [-0.4, -0.2) is 66.6 Å². The van der Waals surface area contributed by atoms with Gasteiger partial charge in [-0.15, -0.1) is 0 Å². The van der Waals surface area contributed by atoms with Gasteiger partial charge >= 0.3 is 16.2 Å². The van der Waals surface area contributed by atoms with Crippen molar-refractivity contribution in [1.29, 1.82) is 0 Å². The second-order valence-electron chi connectivity index (χ2n) is 5.53. The third kappa shape index (κ3) is 4.89. The van der Waals surface area contributed by atoms with Gasteiger partial charge in [-0.25, -0.2) is 13.4 Å². The van der Waals surface area contributed by atoms with E-state index < -0.39 is 31.8 Å². The Kier molecular flexibility index (Phi) is 5.45. The van der Waals surface area contributed by atoms with E-state index in [0.29, 0.717) is 0 Å². The van der Waals surface area contributed by atoms with Crippen LogP contribution < -0.4 is 5.32 Å². The molecule has 0 spiro atoms. The Labute approximate surface area is 141 Å². The molecular weight excluding hydrogens is 359 g/mol. The first-order chi connectivity index (χ1) is 11.1. The first-order valence-corrected chi connectivity index (χ1v) is 10.8. The number of piperazine rings is 1. The number of hydrogen-bond donors (Lipinski definition) is 1. The summed E-state index contributed by atoms with van der Waals surface area (Å²) in [6.45, 7) is 0.325. The SMILES string of the molecule is CS(C)(=O)=NS(=O)(=O)N1CCN(C(=O)Nc2ccccc2F)CC1. The Bertz CT molecular complexity index is 833. The number of nitrogens with one attached hydrogen (secondary N) is 1. The highest BCUT2D eigenvalue weighted by Gasteiger charge is 2.29. The molecule has 11 heteroatoms. The maximum atomic E-state index is 13.5. The zero-order chi connectivity index (χ0) is 18.0. The van der Waals surface area contributed by atoms with Crippen LogP contribution in [-0.2, 0) is 19.9 Å². The summed E-state index contributed by atoms with van der Waals surface area (Å²) in [5.41, 5.74) is 0.0595. The lowest BCUT2D eigenvalue weighted by Gasteiger charge is -2.32. The molecule has 0 bridgehead atoms. The van der Waals surface area contributed by atoms with Crippen molar-refractivity contribution in [2.24, 2.45) is 3.77 Å². The topological polar surface area (TPSA) is 99.2 Å². The summed E-state index contributed by atoms with van der Waals surface area (Å²) in [6, 6.07) is 5.26. The van der Waals surface area contributed by atoms with Crippen LogP contribution in [0.4, 0.5) is 14.9 Å². The number of halogens is 1. The fourth-order valence-corrected chi connectivity index (χ4v) is 4.97. The van der Waals surface area contributed by atoms with E-state index in [1.165, 1.54) is 35.6 Å². The number of rotatable bonds is 3. The van der Waals surface area contributed by atoms with E-state index in [-0.39, 0.29) is 31.9 Å². The average Bonchev–Trinajstić information content (AvgIpc) is 2.47. The van der Waals surface area contributed by atoms with Crippen molar-refractivity contribution in [3.63, 3.8) is 0 Å². The average molecular weight is 378 g/mol. The van der Waals surface area contributed by atoms with Gasteiger partial charge in [0.1, 0.15) is 5.82 Å². The van der Waals surface area contributed by atoms with E-state index in [4.69, 9.17) is 0 Å². The predicted molar refractivity (Wildman–Crippen MR) is 89.9 cm³/mol. The van der Waals surface area contributed by atoms with Crippen LogP contribution in [0.1, 0.15) is 0 Å². The molecule has 1 aromatic carbocycles. The second-order valence-corrected chi connectivity index (χ2v) is 9.90. The Hall–Kier alpha value is -1.72. The van der Waals surface area contributed by atoms with Crippen LogP contribution in [0.2, 0.25) is 0 Å². The molecule has 2 amide bonds. The van der Waals surface area contributed by atoms with E-state index in [9.17, 15) is 21.8 Å². The maximum absolute atomic E-state index is 13.5. The van der Waals surface area contributed by atoms with Crippen molar-refractivity contribution in [3.05, 3.63) is 30.1 Å². The fraction of sp³-hybridized carbons (Fsp3) is 0.462. The number of carbonyl (C=O) groups is 1. The van der Waals surface area contributed by atoms with Crippen molar-refractivity contribution in [3.8, 4) is 0 Å². The van der Waals surface area contributed by atoms with Crippen molar-refractivity contribution < 1.29 is 21.8 Å². The molecule has 0 radical (unpaired) electrons. The van der Waals surface area contributed by atoms with E-state index in [1.807, 2.05) is 0 Å². The summed E-state index contributed by atoms with van der Waals surface area (Å²) < 4.78 is 53.6. The molecule has 24 heavy (non-hydrogen) atoms. The van der Waals surface area contributed by atoms with Crippen molar-refractivity contribution in [2.45, 2.75) is 0 Å². The predicted octanol–water partition coefficient (Wildman–Crippen LogP) is 0.948. The van der Waals surface area contributed by atoms with Gasteiger partial charge in [-0.05, 0) is 12.1 Å². The lowest BCUT2D eigenvalue weighted by molar-refractivity contribution is 0.184. The Balaban J connectivity index is 1.99. The van der Waals surface area contributed by atoms with E-state index in [1.54, 1.807) is 6.07 Å². The van der Waals surface area contributed by atoms with Gasteiger partial charge in [0, 0.05) is 38.7 Å². The standard InChI is InChI=1S/C13H19FN4O4S2/c1-23(2,20)16-24(21,22)18-9-7-17(8-10-18)13(19)15-12-6-4-3-5-11(12)14/h3-6H,7-10H2,1-2H3,(H,15,19). The highest BCUT2D eigenvalue weighted by molar-refractivity contribution is 8.01. The van der Waals surface area contributed by atoms with Gasteiger partial charge in [0.05, 0.1) is 15.4 Å². The van der Waals surface area contributed by atoms with Crippen LogP contribution in [0.15, 0.2) is 28.0 Å². The van der Waals surface area contributed by atoms with Crippen LogP contribution >= 0.6 is 0 Å². The zero-order valence-electron chi connectivity index (χ0n) is 13.3. The second kappa shape index (κ2) is 7.03. The molecule has 1 aromatic rings. The van der Waals surface area contributed by atoms with Crippen LogP contribution in [0.25, 0.3) is 0 Å². The number of urea groups is 1. The molecule has 0 saturated carbocycles. The van der Waals surface area contributed by atoms with Gasteiger partial charge in [-0.3, -0.25) is 0 Å². The molecule has 0 aromatic heterocycles. The zero-order valence-corrected chi connectivity index (χ0v) is 14.9. The molecule has 8 nitrogen and oxygen atoms in total. The molecule has 1 N–H and O–H groups in total. The Morgan fingerprint density at radius 3 is 2.25 bits per heavy atom. The van der Waals surface area contributed by atoms with Gasteiger partial charge in [0.25, 0.3) is 0 Å². The number of para-hydroxylation sites is 1. The third-order valence-corrected chi connectivity index (χ3v) is 6.45. The normalized spacial score (nSPS) is 16.7. The van der Waals surface area contributed by atoms with E-state index >= 15 is 0 Å². The summed E-state index contributed by atoms with van der Waals surface area (Å²) in [7, 11) is -6.79. The Morgan fingerprint density at radius 2 is 1.71 bits per heavy atom. The van der Waals surface area contributed by atoms with Crippen LogP contribution in [0.3, 0.4) is 0 Å². The largest absolute Gasteiger partial charge is 0.330 e. The molecule has 0 aliphatic carbocycles.